The Kier molecular flexibility index (Phi) is 4.10. The van der Waals surface area contributed by atoms with E-state index in [9.17, 15) is 0 Å². The van der Waals surface area contributed by atoms with Gasteiger partial charge in [0.05, 0.1) is 0 Å². The maximum Gasteiger partial charge on any atom is -0.00911 e. The Morgan fingerprint density at radius 3 is 2.29 bits per heavy atom. The van der Waals surface area contributed by atoms with Crippen LogP contribution in [0, 0.1) is 29.1 Å². The van der Waals surface area contributed by atoms with Gasteiger partial charge in [-0.15, -0.1) is 0 Å². The Morgan fingerprint density at radius 2 is 1.71 bits per heavy atom. The van der Waals surface area contributed by atoms with Crippen molar-refractivity contribution in [2.75, 3.05) is 0 Å². The van der Waals surface area contributed by atoms with Gasteiger partial charge in [0, 0.05) is 0 Å². The summed E-state index contributed by atoms with van der Waals surface area (Å²) in [6.07, 6.45) is 12.8. The third-order valence-electron chi connectivity index (χ3n) is 6.42. The van der Waals surface area contributed by atoms with E-state index in [1.165, 1.54) is 44.9 Å². The molecule has 3 aliphatic rings. The molecule has 2 unspecified atom stereocenters. The summed E-state index contributed by atoms with van der Waals surface area (Å²) in [5, 5.41) is 0. The first-order valence-electron chi connectivity index (χ1n) is 9.32. The molecule has 3 rings (SSSR count). The molecule has 0 bridgehead atoms. The molecule has 0 aliphatic heterocycles. The molecule has 118 valence electrons. The van der Waals surface area contributed by atoms with Gasteiger partial charge in [-0.2, -0.15) is 0 Å². The average Bonchev–Trinajstić information content (AvgIpc) is 2.97. The Morgan fingerprint density at radius 1 is 1.05 bits per heavy atom. The molecule has 0 amide bonds. The molecule has 2 atom stereocenters. The first-order valence-corrected chi connectivity index (χ1v) is 9.32. The van der Waals surface area contributed by atoms with Crippen molar-refractivity contribution in [2.45, 2.75) is 79.6 Å². The lowest BCUT2D eigenvalue weighted by atomic mass is 9.73. The van der Waals surface area contributed by atoms with Gasteiger partial charge in [0.1, 0.15) is 0 Å². The molecule has 0 saturated heterocycles. The van der Waals surface area contributed by atoms with Crippen LogP contribution in [0.1, 0.15) is 79.6 Å². The van der Waals surface area contributed by atoms with Crippen molar-refractivity contribution >= 4 is 0 Å². The van der Waals surface area contributed by atoms with Crippen molar-refractivity contribution in [1.29, 1.82) is 0 Å². The van der Waals surface area contributed by atoms with E-state index in [4.69, 9.17) is 0 Å². The van der Waals surface area contributed by atoms with Gasteiger partial charge in [-0.1, -0.05) is 71.1 Å². The third kappa shape index (κ3) is 2.88. The van der Waals surface area contributed by atoms with Gasteiger partial charge in [-0.3, -0.25) is 0 Å². The highest BCUT2D eigenvalue weighted by Crippen LogP contribution is 2.54. The van der Waals surface area contributed by atoms with E-state index in [0.29, 0.717) is 5.41 Å². The zero-order valence-corrected chi connectivity index (χ0v) is 14.8. The van der Waals surface area contributed by atoms with E-state index in [2.05, 4.69) is 40.7 Å². The van der Waals surface area contributed by atoms with E-state index in [1.807, 2.05) is 5.57 Å². The van der Waals surface area contributed by atoms with Crippen LogP contribution < -0.4 is 0 Å². The van der Waals surface area contributed by atoms with Gasteiger partial charge < -0.3 is 0 Å². The van der Waals surface area contributed by atoms with E-state index < -0.39 is 0 Å². The number of hydrogen-bond acceptors (Lipinski definition) is 0. The number of rotatable bonds is 2. The lowest BCUT2D eigenvalue weighted by Crippen LogP contribution is -2.20. The topological polar surface area (TPSA) is 0 Å². The minimum absolute atomic E-state index is 0.350. The fraction of sp³-hybridized carbons (Fsp3) is 0.810. The molecule has 0 N–H and O–H groups in total. The predicted molar refractivity (Wildman–Crippen MR) is 92.2 cm³/mol. The van der Waals surface area contributed by atoms with Crippen LogP contribution >= 0.6 is 0 Å². The molecular weight excluding hydrogens is 252 g/mol. The molecule has 0 nitrogen and oxygen atoms in total. The van der Waals surface area contributed by atoms with E-state index in [0.717, 1.165) is 23.7 Å². The molecule has 1 saturated carbocycles. The summed E-state index contributed by atoms with van der Waals surface area (Å²) < 4.78 is 0. The molecule has 0 heteroatoms. The van der Waals surface area contributed by atoms with Gasteiger partial charge in [0.25, 0.3) is 0 Å². The summed E-state index contributed by atoms with van der Waals surface area (Å²) in [5.74, 6) is 3.56. The average molecular weight is 287 g/mol. The molecule has 1 fully saturated rings. The van der Waals surface area contributed by atoms with Crippen LogP contribution in [0.3, 0.4) is 0 Å². The van der Waals surface area contributed by atoms with Crippen LogP contribution in [0.15, 0.2) is 22.8 Å². The zero-order chi connectivity index (χ0) is 15.2. The summed E-state index contributed by atoms with van der Waals surface area (Å²) >= 11 is 0. The minimum Gasteiger partial charge on any atom is -0.0622 e. The summed E-state index contributed by atoms with van der Waals surface area (Å²) in [7, 11) is 0. The van der Waals surface area contributed by atoms with Crippen molar-refractivity contribution in [2.24, 2.45) is 29.1 Å². The maximum atomic E-state index is 2.61. The second-order valence-corrected chi connectivity index (χ2v) is 9.17. The molecule has 0 spiro atoms. The lowest BCUT2D eigenvalue weighted by molar-refractivity contribution is 0.248. The predicted octanol–water partition coefficient (Wildman–Crippen LogP) is 6.53. The molecule has 0 aromatic rings. The number of allylic oxidation sites excluding steroid dienone is 4. The number of hydrogen-bond donors (Lipinski definition) is 0. The van der Waals surface area contributed by atoms with Crippen molar-refractivity contribution in [3.63, 3.8) is 0 Å². The molecule has 0 heterocycles. The third-order valence-corrected chi connectivity index (χ3v) is 6.42. The second-order valence-electron chi connectivity index (χ2n) is 9.17. The summed E-state index contributed by atoms with van der Waals surface area (Å²) in [6.45, 7) is 12.0. The Hall–Kier alpha value is -0.520. The smallest absolute Gasteiger partial charge is 0.00911 e. The van der Waals surface area contributed by atoms with Crippen LogP contribution in [-0.2, 0) is 0 Å². The Bertz CT molecular complexity index is 449. The Balaban J connectivity index is 1.85. The van der Waals surface area contributed by atoms with Crippen molar-refractivity contribution in [1.82, 2.24) is 0 Å². The van der Waals surface area contributed by atoms with Crippen LogP contribution in [0.2, 0.25) is 0 Å². The fourth-order valence-corrected chi connectivity index (χ4v) is 5.00. The zero-order valence-electron chi connectivity index (χ0n) is 14.8. The standard InChI is InChI=1S/C21H34/c1-14(2)17-13-18(15-9-7-6-8-10-15)20-12-16(11-19(17)20)21(3,4)5/h11,14-15,17-18H,6-10,12-13H2,1-5H3. The molecule has 0 aromatic heterocycles. The molecule has 0 aromatic carbocycles. The lowest BCUT2D eigenvalue weighted by Gasteiger charge is -2.32. The van der Waals surface area contributed by atoms with Gasteiger partial charge >= 0.3 is 0 Å². The first-order chi connectivity index (χ1) is 9.88. The SMILES string of the molecule is CC(C)C1CC(C2CCCCC2)C2=C1C=C(C(C)(C)C)C2. The highest BCUT2D eigenvalue weighted by molar-refractivity contribution is 5.47. The second kappa shape index (κ2) is 5.60. The largest absolute Gasteiger partial charge is 0.0622 e. The summed E-state index contributed by atoms with van der Waals surface area (Å²) in [6, 6.07) is 0. The quantitative estimate of drug-likeness (QED) is 0.541. The van der Waals surface area contributed by atoms with Gasteiger partial charge in [-0.25, -0.2) is 0 Å². The van der Waals surface area contributed by atoms with Crippen LogP contribution in [0.5, 0.6) is 0 Å². The highest BCUT2D eigenvalue weighted by atomic mass is 14.5. The van der Waals surface area contributed by atoms with E-state index in [1.54, 1.807) is 11.1 Å². The fourth-order valence-electron chi connectivity index (χ4n) is 5.00. The van der Waals surface area contributed by atoms with E-state index in [-0.39, 0.29) is 0 Å². The van der Waals surface area contributed by atoms with Crippen molar-refractivity contribution in [3.05, 3.63) is 22.8 Å². The van der Waals surface area contributed by atoms with Gasteiger partial charge in [-0.05, 0) is 60.3 Å². The van der Waals surface area contributed by atoms with Gasteiger partial charge in [0.15, 0.2) is 0 Å². The molecule has 21 heavy (non-hydrogen) atoms. The van der Waals surface area contributed by atoms with Crippen LogP contribution in [-0.4, -0.2) is 0 Å². The van der Waals surface area contributed by atoms with Crippen LogP contribution in [0.4, 0.5) is 0 Å². The van der Waals surface area contributed by atoms with Crippen molar-refractivity contribution in [3.8, 4) is 0 Å². The molecule has 0 radical (unpaired) electrons. The monoisotopic (exact) mass is 286 g/mol. The summed E-state index contributed by atoms with van der Waals surface area (Å²) in [5.41, 5.74) is 5.68. The maximum absolute atomic E-state index is 2.61. The van der Waals surface area contributed by atoms with Crippen molar-refractivity contribution < 1.29 is 0 Å². The minimum atomic E-state index is 0.350. The van der Waals surface area contributed by atoms with E-state index >= 15 is 0 Å². The molecule has 3 aliphatic carbocycles. The van der Waals surface area contributed by atoms with Crippen LogP contribution in [0.25, 0.3) is 0 Å². The first kappa shape index (κ1) is 15.4. The highest BCUT2D eigenvalue weighted by Gasteiger charge is 2.41. The molecular formula is C21H34. The summed E-state index contributed by atoms with van der Waals surface area (Å²) in [4.78, 5) is 0. The van der Waals surface area contributed by atoms with Gasteiger partial charge in [0.2, 0.25) is 0 Å². The normalized spacial score (nSPS) is 31.0. The Labute approximate surface area is 132 Å².